The number of nitrogens with one attached hydrogen (secondary N) is 2. The number of likely N-dealkylation sites (N-methyl/N-ethyl adjacent to an activating group) is 1. The molecule has 1 aliphatic rings. The first-order valence-corrected chi connectivity index (χ1v) is 10.5. The van der Waals surface area contributed by atoms with E-state index in [0.29, 0.717) is 30.3 Å². The molecule has 0 saturated heterocycles. The maximum absolute atomic E-state index is 12.3. The van der Waals surface area contributed by atoms with Gasteiger partial charge in [-0.05, 0) is 43.5 Å². The summed E-state index contributed by atoms with van der Waals surface area (Å²) in [4.78, 5) is 48.8. The molecule has 1 aliphatic carbocycles. The number of esters is 1. The number of nitrogens with zero attached hydrogens (tertiary/aromatic N) is 1. The lowest BCUT2D eigenvalue weighted by Crippen LogP contribution is -2.40. The van der Waals surface area contributed by atoms with E-state index in [2.05, 4.69) is 10.6 Å². The first kappa shape index (κ1) is 23.4. The van der Waals surface area contributed by atoms with E-state index in [4.69, 9.17) is 4.74 Å². The highest BCUT2D eigenvalue weighted by Gasteiger charge is 2.19. The summed E-state index contributed by atoms with van der Waals surface area (Å²) in [5.41, 5.74) is 1.18. The largest absolute Gasteiger partial charge is 0.456 e. The van der Waals surface area contributed by atoms with Gasteiger partial charge in [-0.1, -0.05) is 25.7 Å². The van der Waals surface area contributed by atoms with Crippen LogP contribution >= 0.6 is 0 Å². The molecular formula is C22H31N3O5. The highest BCUT2D eigenvalue weighted by Crippen LogP contribution is 2.28. The summed E-state index contributed by atoms with van der Waals surface area (Å²) in [5.74, 6) is -0.706. The van der Waals surface area contributed by atoms with E-state index in [1.54, 1.807) is 31.2 Å². The minimum Gasteiger partial charge on any atom is -0.456 e. The summed E-state index contributed by atoms with van der Waals surface area (Å²) in [6.45, 7) is 3.01. The molecule has 1 saturated carbocycles. The molecule has 0 heterocycles. The number of hydrogen-bond donors (Lipinski definition) is 2. The number of ether oxygens (including phenoxy) is 1. The molecule has 0 atom stereocenters. The summed E-state index contributed by atoms with van der Waals surface area (Å²) < 4.78 is 5.09. The van der Waals surface area contributed by atoms with Crippen LogP contribution in [0, 0.1) is 5.92 Å². The average Bonchev–Trinajstić information content (AvgIpc) is 3.23. The number of carbonyl (C=O) groups is 4. The Morgan fingerprint density at radius 3 is 2.20 bits per heavy atom. The van der Waals surface area contributed by atoms with Crippen molar-refractivity contribution in [2.45, 2.75) is 52.4 Å². The van der Waals surface area contributed by atoms with E-state index in [0.717, 1.165) is 6.42 Å². The number of anilines is 2. The van der Waals surface area contributed by atoms with Crippen LogP contribution in [0.1, 0.15) is 52.4 Å². The molecule has 2 rings (SSSR count). The van der Waals surface area contributed by atoms with Gasteiger partial charge in [0.2, 0.25) is 11.8 Å². The molecule has 8 heteroatoms. The maximum atomic E-state index is 12.3. The molecule has 164 valence electrons. The van der Waals surface area contributed by atoms with Crippen molar-refractivity contribution in [1.82, 2.24) is 4.90 Å². The summed E-state index contributed by atoms with van der Waals surface area (Å²) in [6, 6.07) is 6.66. The van der Waals surface area contributed by atoms with Crippen molar-refractivity contribution in [3.63, 3.8) is 0 Å². The fraction of sp³-hybridized carbons (Fsp3) is 0.545. The van der Waals surface area contributed by atoms with Gasteiger partial charge in [-0.3, -0.25) is 19.2 Å². The second-order valence-electron chi connectivity index (χ2n) is 7.56. The van der Waals surface area contributed by atoms with Crippen molar-refractivity contribution in [3.8, 4) is 0 Å². The molecular weight excluding hydrogens is 386 g/mol. The lowest BCUT2D eigenvalue weighted by Gasteiger charge is -2.20. The van der Waals surface area contributed by atoms with E-state index in [-0.39, 0.29) is 30.9 Å². The standard InChI is InChI=1S/C22H31N3O5/c1-3-25(21(28)15-30-22(29)13-8-17-6-4-5-7-17)14-20(27)24-19-11-9-18(10-12-19)23-16(2)26/h9-12,17H,3-8,13-15H2,1-2H3,(H,23,26)(H,24,27). The molecule has 0 aliphatic heterocycles. The molecule has 1 aromatic carbocycles. The van der Waals surface area contributed by atoms with Gasteiger partial charge < -0.3 is 20.3 Å². The van der Waals surface area contributed by atoms with Gasteiger partial charge in [0, 0.05) is 31.3 Å². The van der Waals surface area contributed by atoms with Crippen LogP contribution in [0.25, 0.3) is 0 Å². The molecule has 0 aromatic heterocycles. The molecule has 3 amide bonds. The Labute approximate surface area is 177 Å². The van der Waals surface area contributed by atoms with Gasteiger partial charge in [0.05, 0.1) is 6.54 Å². The normalized spacial score (nSPS) is 13.5. The Bertz CT molecular complexity index is 742. The van der Waals surface area contributed by atoms with Crippen LogP contribution in [0.5, 0.6) is 0 Å². The predicted molar refractivity (Wildman–Crippen MR) is 114 cm³/mol. The van der Waals surface area contributed by atoms with Crippen LogP contribution in [0.4, 0.5) is 11.4 Å². The quantitative estimate of drug-likeness (QED) is 0.570. The average molecular weight is 418 g/mol. The van der Waals surface area contributed by atoms with Crippen molar-refractivity contribution in [1.29, 1.82) is 0 Å². The maximum Gasteiger partial charge on any atom is 0.306 e. The highest BCUT2D eigenvalue weighted by atomic mass is 16.5. The Kier molecular flexibility index (Phi) is 9.31. The molecule has 0 spiro atoms. The van der Waals surface area contributed by atoms with Crippen molar-refractivity contribution in [2.24, 2.45) is 5.92 Å². The van der Waals surface area contributed by atoms with E-state index < -0.39 is 5.91 Å². The Balaban J connectivity index is 1.73. The van der Waals surface area contributed by atoms with Crippen molar-refractivity contribution in [3.05, 3.63) is 24.3 Å². The monoisotopic (exact) mass is 417 g/mol. The fourth-order valence-electron chi connectivity index (χ4n) is 3.52. The third-order valence-electron chi connectivity index (χ3n) is 5.15. The molecule has 0 bridgehead atoms. The topological polar surface area (TPSA) is 105 Å². The SMILES string of the molecule is CCN(CC(=O)Nc1ccc(NC(C)=O)cc1)C(=O)COC(=O)CCC1CCCC1. The van der Waals surface area contributed by atoms with Gasteiger partial charge in [-0.15, -0.1) is 0 Å². The first-order valence-electron chi connectivity index (χ1n) is 10.5. The van der Waals surface area contributed by atoms with E-state index in [1.165, 1.54) is 37.5 Å². The van der Waals surface area contributed by atoms with Crippen LogP contribution in [-0.2, 0) is 23.9 Å². The van der Waals surface area contributed by atoms with Crippen LogP contribution in [0.15, 0.2) is 24.3 Å². The summed E-state index contributed by atoms with van der Waals surface area (Å²) in [6.07, 6.45) is 5.94. The van der Waals surface area contributed by atoms with Gasteiger partial charge in [0.25, 0.3) is 5.91 Å². The molecule has 0 unspecified atom stereocenters. The summed E-state index contributed by atoms with van der Waals surface area (Å²) >= 11 is 0. The van der Waals surface area contributed by atoms with Crippen LogP contribution < -0.4 is 10.6 Å². The summed E-state index contributed by atoms with van der Waals surface area (Å²) in [5, 5.41) is 5.35. The van der Waals surface area contributed by atoms with Crippen molar-refractivity contribution in [2.75, 3.05) is 30.3 Å². The van der Waals surface area contributed by atoms with Crippen molar-refractivity contribution >= 4 is 35.1 Å². The number of hydrogen-bond acceptors (Lipinski definition) is 5. The zero-order chi connectivity index (χ0) is 21.9. The van der Waals surface area contributed by atoms with Crippen LogP contribution in [0.2, 0.25) is 0 Å². The molecule has 8 nitrogen and oxygen atoms in total. The number of carbonyl (C=O) groups excluding carboxylic acids is 4. The minimum absolute atomic E-state index is 0.137. The molecule has 1 aromatic rings. The Hall–Kier alpha value is -2.90. The number of rotatable bonds is 10. The first-order chi connectivity index (χ1) is 14.4. The smallest absolute Gasteiger partial charge is 0.306 e. The lowest BCUT2D eigenvalue weighted by atomic mass is 10.0. The van der Waals surface area contributed by atoms with Gasteiger partial charge in [0.15, 0.2) is 6.61 Å². The number of amides is 3. The van der Waals surface area contributed by atoms with Gasteiger partial charge in [-0.25, -0.2) is 0 Å². The second kappa shape index (κ2) is 11.9. The summed E-state index contributed by atoms with van der Waals surface area (Å²) in [7, 11) is 0. The van der Waals surface area contributed by atoms with Gasteiger partial charge in [0.1, 0.15) is 0 Å². The number of benzene rings is 1. The van der Waals surface area contributed by atoms with Crippen LogP contribution in [-0.4, -0.2) is 48.3 Å². The lowest BCUT2D eigenvalue weighted by molar-refractivity contribution is -0.152. The van der Waals surface area contributed by atoms with E-state index >= 15 is 0 Å². The molecule has 1 fully saturated rings. The van der Waals surface area contributed by atoms with E-state index in [1.807, 2.05) is 0 Å². The zero-order valence-corrected chi connectivity index (χ0v) is 17.7. The van der Waals surface area contributed by atoms with Gasteiger partial charge >= 0.3 is 5.97 Å². The Morgan fingerprint density at radius 1 is 1.03 bits per heavy atom. The highest BCUT2D eigenvalue weighted by molar-refractivity contribution is 5.95. The third kappa shape index (κ3) is 8.23. The third-order valence-corrected chi connectivity index (χ3v) is 5.15. The predicted octanol–water partition coefficient (Wildman–Crippen LogP) is 2.95. The van der Waals surface area contributed by atoms with Crippen LogP contribution in [0.3, 0.4) is 0 Å². The van der Waals surface area contributed by atoms with Gasteiger partial charge in [-0.2, -0.15) is 0 Å². The fourth-order valence-corrected chi connectivity index (χ4v) is 3.52. The van der Waals surface area contributed by atoms with Crippen molar-refractivity contribution < 1.29 is 23.9 Å². The Morgan fingerprint density at radius 2 is 1.63 bits per heavy atom. The second-order valence-corrected chi connectivity index (χ2v) is 7.56. The molecule has 2 N–H and O–H groups in total. The minimum atomic E-state index is -0.400. The zero-order valence-electron chi connectivity index (χ0n) is 17.7. The van der Waals surface area contributed by atoms with E-state index in [9.17, 15) is 19.2 Å². The molecule has 0 radical (unpaired) electrons. The molecule has 30 heavy (non-hydrogen) atoms.